The molecule has 2 fully saturated rings. The highest BCUT2D eigenvalue weighted by atomic mass is 16.5. The van der Waals surface area contributed by atoms with Crippen molar-refractivity contribution in [2.45, 2.75) is 46.6 Å². The molecule has 2 heterocycles. The smallest absolute Gasteiger partial charge is 0.225 e. The second-order valence-corrected chi connectivity index (χ2v) is 8.48. The third-order valence-corrected chi connectivity index (χ3v) is 5.46. The largest absolute Gasteiger partial charge is 0.379 e. The summed E-state index contributed by atoms with van der Waals surface area (Å²) >= 11 is 0. The van der Waals surface area contributed by atoms with E-state index in [0.29, 0.717) is 25.7 Å². The molecule has 2 aliphatic heterocycles. The van der Waals surface area contributed by atoms with Crippen LogP contribution in [-0.2, 0) is 14.3 Å². The fourth-order valence-corrected chi connectivity index (χ4v) is 3.68. The Labute approximate surface area is 164 Å². The number of ether oxygens (including phenoxy) is 2. The van der Waals surface area contributed by atoms with Crippen molar-refractivity contribution in [3.63, 3.8) is 0 Å². The van der Waals surface area contributed by atoms with Crippen molar-refractivity contribution < 1.29 is 14.3 Å². The number of piperidine rings is 1. The quantitative estimate of drug-likeness (QED) is 0.578. The van der Waals surface area contributed by atoms with E-state index in [2.05, 4.69) is 37.9 Å². The molecule has 0 saturated carbocycles. The van der Waals surface area contributed by atoms with Gasteiger partial charge in [-0.25, -0.2) is 0 Å². The van der Waals surface area contributed by atoms with E-state index in [1.54, 1.807) is 7.11 Å². The van der Waals surface area contributed by atoms with Crippen molar-refractivity contribution in [1.29, 1.82) is 0 Å². The number of hydrogen-bond acceptors (Lipinski definition) is 4. The molecule has 0 aromatic rings. The SMILES string of the molecule is CCNC(=NCC(OC)C(C)(C)C)N1CCC(C(=O)N2CCOCC2)CC1. The lowest BCUT2D eigenvalue weighted by Gasteiger charge is -2.37. The van der Waals surface area contributed by atoms with Crippen LogP contribution < -0.4 is 5.32 Å². The fraction of sp³-hybridized carbons (Fsp3) is 0.900. The summed E-state index contributed by atoms with van der Waals surface area (Å²) in [5, 5.41) is 3.40. The van der Waals surface area contributed by atoms with Gasteiger partial charge in [0.05, 0.1) is 25.9 Å². The van der Waals surface area contributed by atoms with Crippen LogP contribution in [0.1, 0.15) is 40.5 Å². The highest BCUT2D eigenvalue weighted by molar-refractivity contribution is 5.82. The van der Waals surface area contributed by atoms with Gasteiger partial charge in [-0.15, -0.1) is 0 Å². The molecule has 2 saturated heterocycles. The van der Waals surface area contributed by atoms with E-state index in [-0.39, 0.29) is 17.4 Å². The van der Waals surface area contributed by atoms with Crippen molar-refractivity contribution >= 4 is 11.9 Å². The van der Waals surface area contributed by atoms with Crippen LogP contribution in [0.15, 0.2) is 4.99 Å². The number of guanidine groups is 1. The van der Waals surface area contributed by atoms with Crippen LogP contribution in [0, 0.1) is 11.3 Å². The number of likely N-dealkylation sites (tertiary alicyclic amines) is 1. The molecule has 156 valence electrons. The number of morpholine rings is 1. The number of nitrogens with zero attached hydrogens (tertiary/aromatic N) is 3. The molecule has 1 unspecified atom stereocenters. The van der Waals surface area contributed by atoms with Crippen LogP contribution in [0.4, 0.5) is 0 Å². The predicted octanol–water partition coefficient (Wildman–Crippen LogP) is 1.58. The standard InChI is InChI=1S/C20H38N4O3/c1-6-21-19(22-15-17(26-5)20(2,3)4)24-9-7-16(8-10-24)18(25)23-11-13-27-14-12-23/h16-17H,6-15H2,1-5H3,(H,21,22). The van der Waals surface area contributed by atoms with Crippen molar-refractivity contribution in [3.05, 3.63) is 0 Å². The van der Waals surface area contributed by atoms with Crippen LogP contribution in [0.25, 0.3) is 0 Å². The Kier molecular flexibility index (Phi) is 8.35. The van der Waals surface area contributed by atoms with Gasteiger partial charge in [-0.3, -0.25) is 9.79 Å². The van der Waals surface area contributed by atoms with E-state index in [4.69, 9.17) is 14.5 Å². The topological polar surface area (TPSA) is 66.4 Å². The Bertz CT molecular complexity index is 490. The van der Waals surface area contributed by atoms with Gasteiger partial charge in [0.15, 0.2) is 5.96 Å². The van der Waals surface area contributed by atoms with Gasteiger partial charge in [-0.1, -0.05) is 20.8 Å². The van der Waals surface area contributed by atoms with Crippen molar-refractivity contribution in [2.75, 3.05) is 59.6 Å². The predicted molar refractivity (Wildman–Crippen MR) is 108 cm³/mol. The first kappa shape index (κ1) is 22.0. The second kappa shape index (κ2) is 10.3. The molecule has 2 aliphatic rings. The van der Waals surface area contributed by atoms with Gasteiger partial charge in [-0.05, 0) is 25.2 Å². The summed E-state index contributed by atoms with van der Waals surface area (Å²) < 4.78 is 11.0. The van der Waals surface area contributed by atoms with E-state index in [1.165, 1.54) is 0 Å². The summed E-state index contributed by atoms with van der Waals surface area (Å²) in [6.45, 7) is 14.6. The minimum Gasteiger partial charge on any atom is -0.379 e. The van der Waals surface area contributed by atoms with Gasteiger partial charge < -0.3 is 24.6 Å². The minimum absolute atomic E-state index is 0.0488. The van der Waals surface area contributed by atoms with Crippen LogP contribution in [0.3, 0.4) is 0 Å². The van der Waals surface area contributed by atoms with E-state index in [9.17, 15) is 4.79 Å². The van der Waals surface area contributed by atoms with E-state index >= 15 is 0 Å². The second-order valence-electron chi connectivity index (χ2n) is 8.48. The lowest BCUT2D eigenvalue weighted by molar-refractivity contribution is -0.140. The average molecular weight is 383 g/mol. The summed E-state index contributed by atoms with van der Waals surface area (Å²) in [7, 11) is 1.75. The van der Waals surface area contributed by atoms with Crippen LogP contribution in [0.2, 0.25) is 0 Å². The Morgan fingerprint density at radius 1 is 1.19 bits per heavy atom. The third kappa shape index (κ3) is 6.35. The zero-order valence-corrected chi connectivity index (χ0v) is 17.8. The summed E-state index contributed by atoms with van der Waals surface area (Å²) in [5.41, 5.74) is 0.0488. The monoisotopic (exact) mass is 382 g/mol. The Morgan fingerprint density at radius 2 is 1.81 bits per heavy atom. The molecule has 2 rings (SSSR count). The summed E-state index contributed by atoms with van der Waals surface area (Å²) in [5.74, 6) is 1.36. The zero-order chi connectivity index (χ0) is 19.9. The van der Waals surface area contributed by atoms with Crippen LogP contribution in [0.5, 0.6) is 0 Å². The number of aliphatic imine (C=N–C) groups is 1. The number of rotatable bonds is 5. The van der Waals surface area contributed by atoms with Gasteiger partial charge in [0.25, 0.3) is 0 Å². The first-order chi connectivity index (χ1) is 12.9. The molecule has 7 heteroatoms. The maximum Gasteiger partial charge on any atom is 0.225 e. The van der Waals surface area contributed by atoms with Crippen molar-refractivity contribution in [2.24, 2.45) is 16.3 Å². The molecule has 1 N–H and O–H groups in total. The molecule has 0 aromatic heterocycles. The lowest BCUT2D eigenvalue weighted by Crippen LogP contribution is -2.50. The molecular formula is C20H38N4O3. The molecule has 0 spiro atoms. The molecule has 1 atom stereocenters. The lowest BCUT2D eigenvalue weighted by atomic mass is 9.89. The summed E-state index contributed by atoms with van der Waals surface area (Å²) in [6.07, 6.45) is 1.84. The molecule has 27 heavy (non-hydrogen) atoms. The maximum absolute atomic E-state index is 12.7. The highest BCUT2D eigenvalue weighted by Crippen LogP contribution is 2.23. The molecule has 0 aliphatic carbocycles. The first-order valence-corrected chi connectivity index (χ1v) is 10.3. The summed E-state index contributed by atoms with van der Waals surface area (Å²) in [6, 6.07) is 0. The Morgan fingerprint density at radius 3 is 2.33 bits per heavy atom. The van der Waals surface area contributed by atoms with Gasteiger partial charge in [-0.2, -0.15) is 0 Å². The van der Waals surface area contributed by atoms with Gasteiger partial charge in [0.1, 0.15) is 0 Å². The zero-order valence-electron chi connectivity index (χ0n) is 17.8. The molecule has 7 nitrogen and oxygen atoms in total. The Balaban J connectivity index is 1.91. The fourth-order valence-electron chi connectivity index (χ4n) is 3.68. The van der Waals surface area contributed by atoms with Gasteiger partial charge in [0.2, 0.25) is 5.91 Å². The van der Waals surface area contributed by atoms with Gasteiger partial charge >= 0.3 is 0 Å². The number of methoxy groups -OCH3 is 1. The maximum atomic E-state index is 12.7. The first-order valence-electron chi connectivity index (χ1n) is 10.3. The number of carbonyl (C=O) groups excluding carboxylic acids is 1. The third-order valence-electron chi connectivity index (χ3n) is 5.46. The number of amides is 1. The molecule has 0 radical (unpaired) electrons. The molecule has 0 bridgehead atoms. The van der Waals surface area contributed by atoms with Crippen molar-refractivity contribution in [1.82, 2.24) is 15.1 Å². The van der Waals surface area contributed by atoms with Gasteiger partial charge in [0, 0.05) is 45.8 Å². The van der Waals surface area contributed by atoms with Crippen LogP contribution >= 0.6 is 0 Å². The number of carbonyl (C=O) groups is 1. The van der Waals surface area contributed by atoms with E-state index in [1.807, 2.05) is 4.90 Å². The molecular weight excluding hydrogens is 344 g/mol. The van der Waals surface area contributed by atoms with E-state index in [0.717, 1.165) is 51.5 Å². The molecule has 1 amide bonds. The molecule has 0 aromatic carbocycles. The highest BCUT2D eigenvalue weighted by Gasteiger charge is 2.31. The normalized spacial score (nSPS) is 21.3. The Hall–Kier alpha value is -1.34. The number of nitrogens with one attached hydrogen (secondary N) is 1. The average Bonchev–Trinajstić information content (AvgIpc) is 2.67. The minimum atomic E-state index is 0.0488. The van der Waals surface area contributed by atoms with E-state index < -0.39 is 0 Å². The van der Waals surface area contributed by atoms with Crippen molar-refractivity contribution in [3.8, 4) is 0 Å². The summed E-state index contributed by atoms with van der Waals surface area (Å²) in [4.78, 5) is 21.8. The van der Waals surface area contributed by atoms with Crippen LogP contribution in [-0.4, -0.2) is 87.4 Å². The number of hydrogen-bond donors (Lipinski definition) is 1.